The van der Waals surface area contributed by atoms with E-state index in [1.165, 1.54) is 4.90 Å². The Morgan fingerprint density at radius 1 is 0.952 bits per heavy atom. The molecule has 0 saturated heterocycles. The van der Waals surface area contributed by atoms with Crippen molar-refractivity contribution in [2.24, 2.45) is 5.73 Å². The van der Waals surface area contributed by atoms with E-state index in [1.807, 2.05) is 61.7 Å². The van der Waals surface area contributed by atoms with E-state index >= 15 is 0 Å². The first-order valence-corrected chi connectivity index (χ1v) is 14.6. The molecule has 3 aromatic carbocycles. The van der Waals surface area contributed by atoms with Crippen LogP contribution < -0.4 is 10.5 Å². The fourth-order valence-corrected chi connectivity index (χ4v) is 5.99. The Morgan fingerprint density at radius 3 is 2.31 bits per heavy atom. The number of nitrogens with one attached hydrogen (secondary N) is 2. The van der Waals surface area contributed by atoms with Gasteiger partial charge in [0, 0.05) is 32.5 Å². The molecule has 0 radical (unpaired) electrons. The molecule has 10 heteroatoms. The minimum atomic E-state index is -0.814. The lowest BCUT2D eigenvalue weighted by atomic mass is 9.96. The number of nitrogens with zero attached hydrogens (tertiary/aromatic N) is 1. The van der Waals surface area contributed by atoms with Crippen LogP contribution in [0.5, 0.6) is 5.75 Å². The second-order valence-electron chi connectivity index (χ2n) is 10.1. The van der Waals surface area contributed by atoms with Crippen molar-refractivity contribution in [3.8, 4) is 5.75 Å². The van der Waals surface area contributed by atoms with Gasteiger partial charge in [-0.3, -0.25) is 9.59 Å². The van der Waals surface area contributed by atoms with Gasteiger partial charge in [-0.25, -0.2) is 0 Å². The number of aromatic amines is 2. The van der Waals surface area contributed by atoms with Crippen LogP contribution in [-0.4, -0.2) is 68.8 Å². The van der Waals surface area contributed by atoms with Crippen LogP contribution in [0.4, 0.5) is 0 Å². The highest BCUT2D eigenvalue weighted by molar-refractivity contribution is 9.10. The van der Waals surface area contributed by atoms with Crippen molar-refractivity contribution >= 4 is 49.6 Å². The van der Waals surface area contributed by atoms with Crippen LogP contribution in [0.2, 0.25) is 0 Å². The summed E-state index contributed by atoms with van der Waals surface area (Å²) in [4.78, 5) is 34.8. The van der Waals surface area contributed by atoms with Crippen LogP contribution in [-0.2, 0) is 12.8 Å². The van der Waals surface area contributed by atoms with E-state index in [1.54, 1.807) is 18.2 Å². The molecule has 42 heavy (non-hydrogen) atoms. The quantitative estimate of drug-likeness (QED) is 0.137. The van der Waals surface area contributed by atoms with Gasteiger partial charge in [0.2, 0.25) is 0 Å². The topological polar surface area (TPSA) is 145 Å². The van der Waals surface area contributed by atoms with Gasteiger partial charge < -0.3 is 35.6 Å². The lowest BCUT2D eigenvalue weighted by Gasteiger charge is -2.37. The maximum atomic E-state index is 14.5. The van der Waals surface area contributed by atoms with Crippen LogP contribution in [0.1, 0.15) is 38.9 Å². The van der Waals surface area contributed by atoms with E-state index in [-0.39, 0.29) is 24.3 Å². The van der Waals surface area contributed by atoms with Crippen LogP contribution in [0.3, 0.4) is 0 Å². The summed E-state index contributed by atoms with van der Waals surface area (Å²) in [5, 5.41) is 23.3. The summed E-state index contributed by atoms with van der Waals surface area (Å²) >= 11 is 3.47. The Labute approximate surface area is 251 Å². The van der Waals surface area contributed by atoms with Crippen molar-refractivity contribution < 1.29 is 24.5 Å². The first-order valence-electron chi connectivity index (χ1n) is 13.8. The van der Waals surface area contributed by atoms with Gasteiger partial charge in [-0.15, -0.1) is 0 Å². The zero-order valence-electron chi connectivity index (χ0n) is 23.1. The van der Waals surface area contributed by atoms with E-state index in [0.717, 1.165) is 27.4 Å². The maximum absolute atomic E-state index is 14.5. The summed E-state index contributed by atoms with van der Waals surface area (Å²) in [5.74, 6) is -0.668. The Bertz CT molecular complexity index is 1730. The van der Waals surface area contributed by atoms with Gasteiger partial charge in [-0.2, -0.15) is 0 Å². The lowest BCUT2D eigenvalue weighted by Crippen LogP contribution is -2.52. The summed E-state index contributed by atoms with van der Waals surface area (Å²) in [6.07, 6.45) is 2.31. The van der Waals surface area contributed by atoms with Gasteiger partial charge in [-0.1, -0.05) is 52.3 Å². The van der Waals surface area contributed by atoms with Gasteiger partial charge in [0.15, 0.2) is 0 Å². The van der Waals surface area contributed by atoms with Gasteiger partial charge >= 0.3 is 0 Å². The number of H-pyrrole nitrogens is 2. The molecular weight excluding hydrogens is 600 g/mol. The number of rotatable bonds is 12. The number of hydrogen-bond donors (Lipinski definition) is 5. The monoisotopic (exact) mass is 632 g/mol. The largest absolute Gasteiger partial charge is 0.493 e. The minimum absolute atomic E-state index is 0.118. The standard InChI is InChI=1S/C32H33BrN4O5/c1-2-42-29-12-11-20(33)14-26(29)32(41)37(21(17-38)13-19-16-35-27-9-5-3-7-23(19)27)22(18-39)15-25-24-8-4-6-10-28(24)36-30(25)31(34)40/h3-12,14,16,21-22,35-36,38-39H,2,13,15,17-18H2,1H3,(H2,34,40)/t21-,22-/m1/s1. The predicted molar refractivity (Wildman–Crippen MR) is 166 cm³/mol. The van der Waals surface area contributed by atoms with Crippen LogP contribution in [0, 0.1) is 0 Å². The normalized spacial score (nSPS) is 12.9. The van der Waals surface area contributed by atoms with Crippen LogP contribution >= 0.6 is 15.9 Å². The number of aliphatic hydroxyl groups is 2. The molecule has 0 aliphatic heterocycles. The number of carbonyl (C=O) groups is 2. The number of aromatic nitrogens is 2. The summed E-state index contributed by atoms with van der Waals surface area (Å²) in [6.45, 7) is 1.39. The molecule has 0 bridgehead atoms. The number of para-hydroxylation sites is 2. The molecule has 5 rings (SSSR count). The lowest BCUT2D eigenvalue weighted by molar-refractivity contribution is 0.0342. The second kappa shape index (κ2) is 12.8. The molecule has 0 spiro atoms. The highest BCUT2D eigenvalue weighted by Gasteiger charge is 2.34. The number of primary amides is 1. The smallest absolute Gasteiger partial charge is 0.265 e. The highest BCUT2D eigenvalue weighted by Crippen LogP contribution is 2.31. The number of nitrogens with two attached hydrogens (primary N) is 1. The number of fused-ring (bicyclic) bond motifs is 2. The molecule has 2 amide bonds. The number of halogens is 1. The van der Waals surface area contributed by atoms with Gasteiger partial charge in [0.25, 0.3) is 11.8 Å². The van der Waals surface area contributed by atoms with E-state index < -0.39 is 30.5 Å². The number of ether oxygens (including phenoxy) is 1. The summed E-state index contributed by atoms with van der Waals surface area (Å²) in [6, 6.07) is 18.9. The highest BCUT2D eigenvalue weighted by atomic mass is 79.9. The molecule has 0 saturated carbocycles. The molecule has 0 unspecified atom stereocenters. The molecule has 9 nitrogen and oxygen atoms in total. The molecule has 2 atom stereocenters. The third kappa shape index (κ3) is 5.78. The molecule has 0 aliphatic carbocycles. The number of aliphatic hydroxyl groups excluding tert-OH is 2. The Morgan fingerprint density at radius 2 is 1.62 bits per heavy atom. The van der Waals surface area contributed by atoms with Crippen molar-refractivity contribution in [2.45, 2.75) is 31.8 Å². The van der Waals surface area contributed by atoms with Gasteiger partial charge in [-0.05, 0) is 61.2 Å². The number of benzene rings is 3. The first kappa shape index (κ1) is 29.4. The van der Waals surface area contributed by atoms with Crippen molar-refractivity contribution in [1.29, 1.82) is 0 Å². The van der Waals surface area contributed by atoms with Crippen LogP contribution in [0.25, 0.3) is 21.8 Å². The van der Waals surface area contributed by atoms with Crippen molar-refractivity contribution in [3.63, 3.8) is 0 Å². The maximum Gasteiger partial charge on any atom is 0.265 e. The third-order valence-corrected chi connectivity index (χ3v) is 8.04. The molecule has 0 aliphatic rings. The van der Waals surface area contributed by atoms with Crippen molar-refractivity contribution in [1.82, 2.24) is 14.9 Å². The molecule has 2 aromatic heterocycles. The minimum Gasteiger partial charge on any atom is -0.493 e. The average molecular weight is 634 g/mol. The van der Waals surface area contributed by atoms with Gasteiger partial charge in [0.1, 0.15) is 11.4 Å². The first-order chi connectivity index (χ1) is 20.4. The molecule has 5 aromatic rings. The second-order valence-corrected chi connectivity index (χ2v) is 11.0. The van der Waals surface area contributed by atoms with E-state index in [4.69, 9.17) is 10.5 Å². The number of hydrogen-bond acceptors (Lipinski definition) is 5. The third-order valence-electron chi connectivity index (χ3n) is 7.54. The molecule has 2 heterocycles. The zero-order chi connectivity index (χ0) is 29.8. The fraction of sp³-hybridized carbons (Fsp3) is 0.250. The van der Waals surface area contributed by atoms with E-state index in [0.29, 0.717) is 28.8 Å². The SMILES string of the molecule is CCOc1ccc(Br)cc1C(=O)N([C@@H](CO)Cc1c[nH]c2ccccc12)[C@@H](CO)Cc1c(C(N)=O)[nH]c2ccccc12. The molecule has 6 N–H and O–H groups in total. The van der Waals surface area contributed by atoms with E-state index in [9.17, 15) is 19.8 Å². The van der Waals surface area contributed by atoms with Crippen molar-refractivity contribution in [2.75, 3.05) is 19.8 Å². The number of carbonyl (C=O) groups excluding carboxylic acids is 2. The zero-order valence-corrected chi connectivity index (χ0v) is 24.7. The molecular formula is C32H33BrN4O5. The van der Waals surface area contributed by atoms with Gasteiger partial charge in [0.05, 0.1) is 37.5 Å². The summed E-state index contributed by atoms with van der Waals surface area (Å²) in [7, 11) is 0. The average Bonchev–Trinajstić information content (AvgIpc) is 3.58. The predicted octanol–water partition coefficient (Wildman–Crippen LogP) is 4.56. The summed E-state index contributed by atoms with van der Waals surface area (Å²) < 4.78 is 6.48. The Kier molecular flexibility index (Phi) is 8.96. The van der Waals surface area contributed by atoms with Crippen molar-refractivity contribution in [3.05, 3.63) is 99.8 Å². The Hall–Kier alpha value is -4.12. The molecule has 0 fully saturated rings. The number of amides is 2. The van der Waals surface area contributed by atoms with Crippen LogP contribution in [0.15, 0.2) is 77.4 Å². The fourth-order valence-electron chi connectivity index (χ4n) is 5.63. The summed E-state index contributed by atoms with van der Waals surface area (Å²) in [5.41, 5.74) is 9.43. The molecule has 218 valence electrons. The van der Waals surface area contributed by atoms with E-state index in [2.05, 4.69) is 25.9 Å². The Balaban J connectivity index is 1.62.